The first-order valence-corrected chi connectivity index (χ1v) is 8.20. The van der Waals surface area contributed by atoms with Gasteiger partial charge < -0.3 is 10.6 Å². The summed E-state index contributed by atoms with van der Waals surface area (Å²) < 4.78 is 26.9. The van der Waals surface area contributed by atoms with Crippen molar-refractivity contribution in [2.45, 2.75) is 30.3 Å². The van der Waals surface area contributed by atoms with Crippen LogP contribution in [0.5, 0.6) is 0 Å². The fourth-order valence-electron chi connectivity index (χ4n) is 2.51. The van der Waals surface area contributed by atoms with Crippen molar-refractivity contribution in [1.82, 2.24) is 14.2 Å². The molecule has 1 atom stereocenters. The standard InChI is InChI=1S/C13H20N4O3S/c1-16(2)13(18)11-5-4-8-17(11)21(19,20)12-6-3-7-15-10(12)9-14/h3,6-7,11H,4-5,8-9,14H2,1-2H3. The second-order valence-electron chi connectivity index (χ2n) is 5.16. The lowest BCUT2D eigenvalue weighted by atomic mass is 10.2. The van der Waals surface area contributed by atoms with Crippen LogP contribution in [0, 0.1) is 0 Å². The predicted molar refractivity (Wildman–Crippen MR) is 77.7 cm³/mol. The number of carbonyl (C=O) groups excluding carboxylic acids is 1. The van der Waals surface area contributed by atoms with Crippen LogP contribution in [0.1, 0.15) is 18.5 Å². The highest BCUT2D eigenvalue weighted by atomic mass is 32.2. The molecule has 0 aromatic carbocycles. The first-order chi connectivity index (χ1) is 9.89. The van der Waals surface area contributed by atoms with Gasteiger partial charge in [-0.15, -0.1) is 0 Å². The van der Waals surface area contributed by atoms with E-state index in [-0.39, 0.29) is 17.3 Å². The van der Waals surface area contributed by atoms with Gasteiger partial charge in [0, 0.05) is 33.4 Å². The average molecular weight is 312 g/mol. The van der Waals surface area contributed by atoms with E-state index in [4.69, 9.17) is 5.73 Å². The molecule has 0 radical (unpaired) electrons. The van der Waals surface area contributed by atoms with Crippen LogP contribution in [0.3, 0.4) is 0 Å². The first kappa shape index (κ1) is 15.9. The van der Waals surface area contributed by atoms with Gasteiger partial charge in [-0.3, -0.25) is 9.78 Å². The molecule has 2 N–H and O–H groups in total. The molecule has 0 saturated carbocycles. The highest BCUT2D eigenvalue weighted by molar-refractivity contribution is 7.89. The van der Waals surface area contributed by atoms with Crippen molar-refractivity contribution in [3.05, 3.63) is 24.0 Å². The summed E-state index contributed by atoms with van der Waals surface area (Å²) in [6.07, 6.45) is 2.71. The Hall–Kier alpha value is -1.51. The molecule has 1 saturated heterocycles. The Morgan fingerprint density at radius 1 is 1.52 bits per heavy atom. The van der Waals surface area contributed by atoms with Gasteiger partial charge in [-0.2, -0.15) is 4.31 Å². The molecule has 1 amide bonds. The molecule has 2 rings (SSSR count). The van der Waals surface area contributed by atoms with Crippen molar-refractivity contribution >= 4 is 15.9 Å². The topological polar surface area (TPSA) is 96.6 Å². The van der Waals surface area contributed by atoms with Gasteiger partial charge in [0.2, 0.25) is 15.9 Å². The van der Waals surface area contributed by atoms with Crippen LogP contribution in [-0.4, -0.2) is 55.2 Å². The number of hydrogen-bond donors (Lipinski definition) is 1. The third-order valence-corrected chi connectivity index (χ3v) is 5.54. The van der Waals surface area contributed by atoms with E-state index in [1.54, 1.807) is 20.2 Å². The van der Waals surface area contributed by atoms with Crippen LogP contribution in [0.4, 0.5) is 0 Å². The molecule has 1 aliphatic heterocycles. The monoisotopic (exact) mass is 312 g/mol. The number of amides is 1. The number of aromatic nitrogens is 1. The minimum Gasteiger partial charge on any atom is -0.347 e. The van der Waals surface area contributed by atoms with Crippen LogP contribution in [-0.2, 0) is 21.4 Å². The summed E-state index contributed by atoms with van der Waals surface area (Å²) in [4.78, 5) is 17.7. The fourth-order valence-corrected chi connectivity index (χ4v) is 4.35. The third kappa shape index (κ3) is 2.92. The number of carbonyl (C=O) groups is 1. The van der Waals surface area contributed by atoms with E-state index in [0.717, 1.165) is 0 Å². The van der Waals surface area contributed by atoms with E-state index in [9.17, 15) is 13.2 Å². The summed E-state index contributed by atoms with van der Waals surface area (Å²) in [6.45, 7) is 0.376. The quantitative estimate of drug-likeness (QED) is 0.829. The molecule has 1 fully saturated rings. The Bertz CT molecular complexity index is 630. The maximum Gasteiger partial charge on any atom is 0.245 e. The van der Waals surface area contributed by atoms with Crippen molar-refractivity contribution in [3.8, 4) is 0 Å². The zero-order valence-corrected chi connectivity index (χ0v) is 13.0. The van der Waals surface area contributed by atoms with Crippen LogP contribution in [0.2, 0.25) is 0 Å². The molecular weight excluding hydrogens is 292 g/mol. The Labute approximate surface area is 124 Å². The predicted octanol–water partition coefficient (Wildman–Crippen LogP) is -0.218. The van der Waals surface area contributed by atoms with E-state index in [1.807, 2.05) is 0 Å². The van der Waals surface area contributed by atoms with Crippen molar-refractivity contribution in [1.29, 1.82) is 0 Å². The first-order valence-electron chi connectivity index (χ1n) is 6.76. The van der Waals surface area contributed by atoms with Crippen LogP contribution in [0.25, 0.3) is 0 Å². The van der Waals surface area contributed by atoms with E-state index in [0.29, 0.717) is 25.1 Å². The number of nitrogens with zero attached hydrogens (tertiary/aromatic N) is 3. The highest BCUT2D eigenvalue weighted by Gasteiger charge is 2.40. The normalized spacial score (nSPS) is 19.7. The van der Waals surface area contributed by atoms with E-state index in [2.05, 4.69) is 4.98 Å². The van der Waals surface area contributed by atoms with Gasteiger partial charge in [-0.1, -0.05) is 0 Å². The summed E-state index contributed by atoms with van der Waals surface area (Å²) in [6, 6.07) is 2.40. The fraction of sp³-hybridized carbons (Fsp3) is 0.538. The number of sulfonamides is 1. The number of hydrogen-bond acceptors (Lipinski definition) is 5. The number of likely N-dealkylation sites (N-methyl/N-ethyl adjacent to an activating group) is 1. The summed E-state index contributed by atoms with van der Waals surface area (Å²) in [5, 5.41) is 0. The molecule has 2 heterocycles. The molecular formula is C13H20N4O3S. The second kappa shape index (κ2) is 6.08. The van der Waals surface area contributed by atoms with Crippen molar-refractivity contribution in [2.75, 3.05) is 20.6 Å². The van der Waals surface area contributed by atoms with Gasteiger partial charge in [-0.25, -0.2) is 8.42 Å². The van der Waals surface area contributed by atoms with Crippen molar-refractivity contribution < 1.29 is 13.2 Å². The zero-order chi connectivity index (χ0) is 15.6. The molecule has 1 aromatic rings. The summed E-state index contributed by atoms with van der Waals surface area (Å²) >= 11 is 0. The highest BCUT2D eigenvalue weighted by Crippen LogP contribution is 2.28. The number of rotatable bonds is 4. The molecule has 7 nitrogen and oxygen atoms in total. The SMILES string of the molecule is CN(C)C(=O)C1CCCN1S(=O)(=O)c1cccnc1CN. The molecule has 0 bridgehead atoms. The van der Waals surface area contributed by atoms with Crippen molar-refractivity contribution in [2.24, 2.45) is 5.73 Å². The van der Waals surface area contributed by atoms with Crippen molar-refractivity contribution in [3.63, 3.8) is 0 Å². The molecule has 1 aromatic heterocycles. The molecule has 8 heteroatoms. The lowest BCUT2D eigenvalue weighted by Crippen LogP contribution is -2.45. The van der Waals surface area contributed by atoms with Gasteiger partial charge >= 0.3 is 0 Å². The van der Waals surface area contributed by atoms with Crippen LogP contribution >= 0.6 is 0 Å². The molecule has 21 heavy (non-hydrogen) atoms. The number of nitrogens with two attached hydrogens (primary N) is 1. The average Bonchev–Trinajstić information content (AvgIpc) is 2.96. The number of pyridine rings is 1. The maximum atomic E-state index is 12.8. The van der Waals surface area contributed by atoms with Crippen LogP contribution in [0.15, 0.2) is 23.2 Å². The summed E-state index contributed by atoms with van der Waals surface area (Å²) in [5.41, 5.74) is 5.89. The Morgan fingerprint density at radius 3 is 2.86 bits per heavy atom. The molecule has 1 aliphatic rings. The van der Waals surface area contributed by atoms with Gasteiger partial charge in [0.15, 0.2) is 0 Å². The van der Waals surface area contributed by atoms with Gasteiger partial charge in [-0.05, 0) is 25.0 Å². The van der Waals surface area contributed by atoms with E-state index >= 15 is 0 Å². The molecule has 1 unspecified atom stereocenters. The van der Waals surface area contributed by atoms with Gasteiger partial charge in [0.25, 0.3) is 0 Å². The third-order valence-electron chi connectivity index (χ3n) is 3.56. The Morgan fingerprint density at radius 2 is 2.24 bits per heavy atom. The summed E-state index contributed by atoms with van der Waals surface area (Å²) in [5.74, 6) is -0.200. The van der Waals surface area contributed by atoms with Crippen LogP contribution < -0.4 is 5.73 Å². The second-order valence-corrected chi connectivity index (χ2v) is 7.02. The lowest BCUT2D eigenvalue weighted by molar-refractivity contribution is -0.132. The molecule has 116 valence electrons. The van der Waals surface area contributed by atoms with Gasteiger partial charge in [0.05, 0.1) is 5.69 Å². The van der Waals surface area contributed by atoms with E-state index in [1.165, 1.54) is 21.5 Å². The minimum atomic E-state index is -3.77. The smallest absolute Gasteiger partial charge is 0.245 e. The Balaban J connectivity index is 2.41. The molecule has 0 aliphatic carbocycles. The summed E-state index contributed by atoms with van der Waals surface area (Å²) in [7, 11) is -0.514. The van der Waals surface area contributed by atoms with Gasteiger partial charge in [0.1, 0.15) is 10.9 Å². The largest absolute Gasteiger partial charge is 0.347 e. The Kier molecular flexibility index (Phi) is 4.60. The lowest BCUT2D eigenvalue weighted by Gasteiger charge is -2.26. The van der Waals surface area contributed by atoms with E-state index < -0.39 is 16.1 Å². The minimum absolute atomic E-state index is 0.0372. The molecule has 0 spiro atoms. The maximum absolute atomic E-state index is 12.8. The zero-order valence-electron chi connectivity index (χ0n) is 12.2.